The molecule has 1 heteroatoms. The minimum atomic E-state index is 0.0310. The second-order valence-electron chi connectivity index (χ2n) is 17.8. The summed E-state index contributed by atoms with van der Waals surface area (Å²) in [6.45, 7) is 7.00. The van der Waals surface area contributed by atoms with Gasteiger partial charge in [-0.05, 0) is 121 Å². The van der Waals surface area contributed by atoms with Crippen LogP contribution in [0.5, 0.6) is 0 Å². The summed E-state index contributed by atoms with van der Waals surface area (Å²) in [6.07, 6.45) is 1.06. The van der Waals surface area contributed by atoms with Crippen molar-refractivity contribution in [2.24, 2.45) is 5.41 Å². The molecular formula is C52H39N. The number of hydrogen-bond donors (Lipinski definition) is 0. The second-order valence-corrected chi connectivity index (χ2v) is 17.8. The third-order valence-electron chi connectivity index (χ3n) is 13.9. The van der Waals surface area contributed by atoms with Crippen LogP contribution in [0.15, 0.2) is 146 Å². The first-order valence-electron chi connectivity index (χ1n) is 19.5. The first-order valence-corrected chi connectivity index (χ1v) is 19.5. The summed E-state index contributed by atoms with van der Waals surface area (Å²) in [5, 5.41) is 2.76. The summed E-state index contributed by atoms with van der Waals surface area (Å²) in [4.78, 5) is 0. The van der Waals surface area contributed by atoms with E-state index in [9.17, 15) is 0 Å². The number of benzene rings is 7. The molecule has 0 aliphatic heterocycles. The van der Waals surface area contributed by atoms with Gasteiger partial charge in [0.2, 0.25) is 0 Å². The Morgan fingerprint density at radius 2 is 0.925 bits per heavy atom. The molecule has 8 aromatic rings. The zero-order chi connectivity index (χ0) is 35.0. The maximum Gasteiger partial charge on any atom is 0.0544 e. The standard InChI is InChI=1S/C52H39N/c1-51(2,3)28-29-20-22-30(23-21-29)53-45-26-41-40(47-31-12-4-6-14-33(31)48(41)34-15-7-5-13-32(34)47)24-38(45)39-25-42-44(27-46(39)53)52-43-19-11-10-18-37(43)49(52)35-16-8-9-17-36(35)50(42)52/h4-27,47-50H,28H2,1-3H3. The number of fused-ring (bicyclic) bond motifs is 10. The molecule has 0 fully saturated rings. The number of rotatable bonds is 2. The molecule has 6 aliphatic rings. The molecule has 6 aliphatic carbocycles. The highest BCUT2D eigenvalue weighted by Gasteiger charge is 2.69. The number of nitrogens with zero attached hydrogens (tertiary/aromatic N) is 1. The molecule has 0 saturated carbocycles. The van der Waals surface area contributed by atoms with Crippen LogP contribution in [-0.2, 0) is 11.8 Å². The molecule has 252 valence electrons. The predicted octanol–water partition coefficient (Wildman–Crippen LogP) is 12.2. The quantitative estimate of drug-likeness (QED) is 0.172. The highest BCUT2D eigenvalue weighted by Crippen LogP contribution is 2.77. The van der Waals surface area contributed by atoms with Crippen molar-refractivity contribution < 1.29 is 0 Å². The van der Waals surface area contributed by atoms with Gasteiger partial charge in [0, 0.05) is 45.5 Å². The summed E-state index contributed by atoms with van der Waals surface area (Å²) >= 11 is 0. The summed E-state index contributed by atoms with van der Waals surface area (Å²) < 4.78 is 2.61. The van der Waals surface area contributed by atoms with Crippen LogP contribution in [0, 0.1) is 5.41 Å². The maximum absolute atomic E-state index is 2.62. The minimum absolute atomic E-state index is 0.0310. The summed E-state index contributed by atoms with van der Waals surface area (Å²) in [6, 6.07) is 57.0. The maximum atomic E-state index is 2.62. The first kappa shape index (κ1) is 28.9. The molecule has 2 bridgehead atoms. The van der Waals surface area contributed by atoms with Crippen LogP contribution in [-0.4, -0.2) is 4.57 Å². The Bertz CT molecular complexity index is 2880. The molecule has 0 amide bonds. The van der Waals surface area contributed by atoms with Crippen molar-refractivity contribution in [2.45, 2.75) is 56.3 Å². The lowest BCUT2D eigenvalue weighted by Crippen LogP contribution is -2.52. The van der Waals surface area contributed by atoms with Crippen LogP contribution >= 0.6 is 0 Å². The fourth-order valence-corrected chi connectivity index (χ4v) is 12.2. The van der Waals surface area contributed by atoms with Crippen molar-refractivity contribution in [3.63, 3.8) is 0 Å². The highest BCUT2D eigenvalue weighted by atomic mass is 15.0. The fraction of sp³-hybridized carbons (Fsp3) is 0.192. The van der Waals surface area contributed by atoms with Gasteiger partial charge in [0.25, 0.3) is 0 Å². The van der Waals surface area contributed by atoms with Crippen LogP contribution < -0.4 is 0 Å². The molecule has 7 aromatic carbocycles. The van der Waals surface area contributed by atoms with E-state index in [4.69, 9.17) is 0 Å². The van der Waals surface area contributed by atoms with Gasteiger partial charge in [-0.2, -0.15) is 0 Å². The van der Waals surface area contributed by atoms with Crippen molar-refractivity contribution in [3.8, 4) is 5.69 Å². The SMILES string of the molecule is CC(C)(C)Cc1ccc(-n2c3cc4c(cc3c3cc5c(cc32)C23c6ccccc6C2c2ccccc2C53)C2c3ccccc3C4c3ccccc32)cc1. The van der Waals surface area contributed by atoms with Crippen molar-refractivity contribution in [2.75, 3.05) is 0 Å². The van der Waals surface area contributed by atoms with E-state index < -0.39 is 0 Å². The van der Waals surface area contributed by atoms with Crippen molar-refractivity contribution in [1.29, 1.82) is 0 Å². The van der Waals surface area contributed by atoms with Gasteiger partial charge in [-0.3, -0.25) is 0 Å². The molecule has 14 rings (SSSR count). The van der Waals surface area contributed by atoms with Crippen molar-refractivity contribution >= 4 is 21.8 Å². The summed E-state index contributed by atoms with van der Waals surface area (Å²) in [7, 11) is 0. The molecule has 1 nitrogen and oxygen atoms in total. The molecule has 1 aromatic heterocycles. The molecule has 3 unspecified atom stereocenters. The Morgan fingerprint density at radius 1 is 0.453 bits per heavy atom. The Hall–Kier alpha value is -5.66. The van der Waals surface area contributed by atoms with E-state index >= 15 is 0 Å². The molecule has 1 spiro atoms. The Balaban J connectivity index is 1.11. The Kier molecular flexibility index (Phi) is 5.15. The zero-order valence-electron chi connectivity index (χ0n) is 30.3. The van der Waals surface area contributed by atoms with Crippen LogP contribution in [0.1, 0.15) is 117 Å². The molecule has 0 saturated heterocycles. The lowest BCUT2D eigenvalue weighted by atomic mass is 9.43. The third kappa shape index (κ3) is 3.33. The average Bonchev–Trinajstić information content (AvgIpc) is 3.58. The van der Waals surface area contributed by atoms with Crippen molar-refractivity contribution in [3.05, 3.63) is 218 Å². The van der Waals surface area contributed by atoms with Crippen LogP contribution in [0.2, 0.25) is 0 Å². The molecule has 3 atom stereocenters. The Labute approximate surface area is 310 Å². The van der Waals surface area contributed by atoms with E-state index in [0.29, 0.717) is 11.8 Å². The predicted molar refractivity (Wildman–Crippen MR) is 216 cm³/mol. The summed E-state index contributed by atoms with van der Waals surface area (Å²) in [5.74, 6) is 1.33. The van der Waals surface area contributed by atoms with Gasteiger partial charge in [0.15, 0.2) is 0 Å². The van der Waals surface area contributed by atoms with E-state index in [1.807, 2.05) is 0 Å². The molecule has 53 heavy (non-hydrogen) atoms. The minimum Gasteiger partial charge on any atom is -0.309 e. The van der Waals surface area contributed by atoms with Gasteiger partial charge >= 0.3 is 0 Å². The van der Waals surface area contributed by atoms with E-state index in [1.165, 1.54) is 99.8 Å². The highest BCUT2D eigenvalue weighted by molar-refractivity contribution is 6.11. The van der Waals surface area contributed by atoms with Gasteiger partial charge in [-0.15, -0.1) is 0 Å². The topological polar surface area (TPSA) is 4.93 Å². The van der Waals surface area contributed by atoms with Gasteiger partial charge in [-0.1, -0.05) is 130 Å². The normalized spacial score (nSPS) is 23.2. The molecule has 0 radical (unpaired) electrons. The lowest BCUT2D eigenvalue weighted by molar-refractivity contribution is 0.333. The van der Waals surface area contributed by atoms with Crippen LogP contribution in [0.3, 0.4) is 0 Å². The average molecular weight is 678 g/mol. The Morgan fingerprint density at radius 3 is 1.51 bits per heavy atom. The van der Waals surface area contributed by atoms with Gasteiger partial charge in [0.1, 0.15) is 0 Å². The van der Waals surface area contributed by atoms with E-state index in [1.54, 1.807) is 0 Å². The van der Waals surface area contributed by atoms with Crippen molar-refractivity contribution in [1.82, 2.24) is 4.57 Å². The fourth-order valence-electron chi connectivity index (χ4n) is 12.2. The van der Waals surface area contributed by atoms with E-state index in [-0.39, 0.29) is 22.7 Å². The number of aromatic nitrogens is 1. The monoisotopic (exact) mass is 677 g/mol. The van der Waals surface area contributed by atoms with E-state index in [2.05, 4.69) is 171 Å². The molecule has 0 N–H and O–H groups in total. The van der Waals surface area contributed by atoms with Gasteiger partial charge < -0.3 is 4.57 Å². The van der Waals surface area contributed by atoms with E-state index in [0.717, 1.165) is 6.42 Å². The second kappa shape index (κ2) is 9.46. The smallest absolute Gasteiger partial charge is 0.0544 e. The number of hydrogen-bond acceptors (Lipinski definition) is 0. The lowest BCUT2D eigenvalue weighted by Gasteiger charge is -2.58. The zero-order valence-corrected chi connectivity index (χ0v) is 30.3. The van der Waals surface area contributed by atoms with Crippen LogP contribution in [0.25, 0.3) is 27.5 Å². The molecule has 1 heterocycles. The summed E-state index contributed by atoms with van der Waals surface area (Å²) in [5.41, 5.74) is 23.6. The van der Waals surface area contributed by atoms with Crippen LogP contribution in [0.4, 0.5) is 0 Å². The third-order valence-corrected chi connectivity index (χ3v) is 13.9. The van der Waals surface area contributed by atoms with Gasteiger partial charge in [-0.25, -0.2) is 0 Å². The van der Waals surface area contributed by atoms with Gasteiger partial charge in [0.05, 0.1) is 11.0 Å². The first-order chi connectivity index (χ1) is 25.9. The molecular weight excluding hydrogens is 639 g/mol. The largest absolute Gasteiger partial charge is 0.309 e.